The molecule has 18 heavy (non-hydrogen) atoms. The predicted octanol–water partition coefficient (Wildman–Crippen LogP) is 4.57. The summed E-state index contributed by atoms with van der Waals surface area (Å²) >= 11 is 3.52. The van der Waals surface area contributed by atoms with Gasteiger partial charge in [-0.25, -0.2) is 0 Å². The average Bonchev–Trinajstić information content (AvgIpc) is 2.90. The normalized spacial score (nSPS) is 26.6. The van der Waals surface area contributed by atoms with E-state index in [2.05, 4.69) is 45.1 Å². The van der Waals surface area contributed by atoms with Crippen molar-refractivity contribution in [2.24, 2.45) is 0 Å². The van der Waals surface area contributed by atoms with Gasteiger partial charge in [0.15, 0.2) is 0 Å². The zero-order chi connectivity index (χ0) is 12.4. The number of benzene rings is 1. The Morgan fingerprint density at radius 2 is 1.67 bits per heavy atom. The molecule has 2 heteroatoms. The van der Waals surface area contributed by atoms with E-state index in [0.29, 0.717) is 0 Å². The lowest BCUT2D eigenvalue weighted by Crippen LogP contribution is -2.34. The highest BCUT2D eigenvalue weighted by Gasteiger charge is 2.29. The molecule has 2 aliphatic rings. The Balaban J connectivity index is 1.62. The van der Waals surface area contributed by atoms with E-state index in [1.54, 1.807) is 0 Å². The predicted molar refractivity (Wildman–Crippen MR) is 79.9 cm³/mol. The molecule has 0 aromatic heterocycles. The van der Waals surface area contributed by atoms with Crippen LogP contribution in [0.5, 0.6) is 0 Å². The van der Waals surface area contributed by atoms with Crippen molar-refractivity contribution < 1.29 is 0 Å². The van der Waals surface area contributed by atoms with Crippen LogP contribution >= 0.6 is 15.9 Å². The van der Waals surface area contributed by atoms with Gasteiger partial charge in [-0.3, -0.25) is 4.90 Å². The number of hydrogen-bond donors (Lipinski definition) is 0. The van der Waals surface area contributed by atoms with Gasteiger partial charge in [-0.1, -0.05) is 47.3 Å². The van der Waals surface area contributed by atoms with Crippen LogP contribution in [0, 0.1) is 0 Å². The molecule has 1 aromatic carbocycles. The highest BCUT2D eigenvalue weighted by Crippen LogP contribution is 2.32. The first-order chi connectivity index (χ1) is 8.83. The van der Waals surface area contributed by atoms with Crippen LogP contribution < -0.4 is 0 Å². The Morgan fingerprint density at radius 3 is 2.39 bits per heavy atom. The number of hydrogen-bond acceptors (Lipinski definition) is 1. The van der Waals surface area contributed by atoms with Gasteiger partial charge >= 0.3 is 0 Å². The van der Waals surface area contributed by atoms with Crippen molar-refractivity contribution in [1.82, 2.24) is 4.90 Å². The summed E-state index contributed by atoms with van der Waals surface area (Å²) in [5, 5.41) is 0. The molecular formula is C16H22BrN. The molecule has 1 atom stereocenters. The minimum absolute atomic E-state index is 0.764. The molecule has 1 aliphatic carbocycles. The lowest BCUT2D eigenvalue weighted by molar-refractivity contribution is 0.189. The topological polar surface area (TPSA) is 3.24 Å². The van der Waals surface area contributed by atoms with Gasteiger partial charge < -0.3 is 0 Å². The quantitative estimate of drug-likeness (QED) is 0.773. The number of rotatable bonds is 2. The molecule has 1 heterocycles. The van der Waals surface area contributed by atoms with E-state index in [1.807, 2.05) is 0 Å². The summed E-state index contributed by atoms with van der Waals surface area (Å²) < 4.78 is 1.19. The monoisotopic (exact) mass is 307 g/mol. The smallest absolute Gasteiger partial charge is 0.0175 e. The second-order valence-corrected chi connectivity index (χ2v) is 6.74. The minimum Gasteiger partial charge on any atom is -0.300 e. The maximum atomic E-state index is 3.52. The number of nitrogens with zero attached hydrogens (tertiary/aromatic N) is 1. The van der Waals surface area contributed by atoms with Crippen molar-refractivity contribution in [2.75, 3.05) is 13.1 Å². The molecule has 1 aromatic rings. The van der Waals surface area contributed by atoms with E-state index in [0.717, 1.165) is 12.0 Å². The molecule has 0 radical (unpaired) electrons. The largest absolute Gasteiger partial charge is 0.300 e. The Labute approximate surface area is 119 Å². The molecule has 0 spiro atoms. The van der Waals surface area contributed by atoms with Crippen LogP contribution in [-0.4, -0.2) is 24.0 Å². The molecule has 2 fully saturated rings. The van der Waals surface area contributed by atoms with Crippen molar-refractivity contribution >= 4 is 15.9 Å². The Bertz CT molecular complexity index is 381. The van der Waals surface area contributed by atoms with E-state index in [9.17, 15) is 0 Å². The fourth-order valence-corrected chi connectivity index (χ4v) is 3.84. The van der Waals surface area contributed by atoms with E-state index in [4.69, 9.17) is 0 Å². The van der Waals surface area contributed by atoms with Crippen LogP contribution in [0.3, 0.4) is 0 Å². The van der Waals surface area contributed by atoms with Gasteiger partial charge in [-0.2, -0.15) is 0 Å². The maximum Gasteiger partial charge on any atom is 0.0175 e. The van der Waals surface area contributed by atoms with Crippen molar-refractivity contribution in [3.63, 3.8) is 0 Å². The summed E-state index contributed by atoms with van der Waals surface area (Å²) in [6, 6.07) is 9.83. The van der Waals surface area contributed by atoms with Crippen molar-refractivity contribution in [3.8, 4) is 0 Å². The standard InChI is InChI=1S/C16H22BrN/c17-15-8-6-13(7-9-15)14-10-11-18(12-14)16-4-2-1-3-5-16/h6-9,14,16H,1-5,10-12H2. The summed E-state index contributed by atoms with van der Waals surface area (Å²) in [5.74, 6) is 0.764. The summed E-state index contributed by atoms with van der Waals surface area (Å²) in [5.41, 5.74) is 1.52. The second kappa shape index (κ2) is 5.75. The first-order valence-corrected chi connectivity index (χ1v) is 8.12. The zero-order valence-corrected chi connectivity index (χ0v) is 12.5. The molecule has 98 valence electrons. The lowest BCUT2D eigenvalue weighted by Gasteiger charge is -2.31. The van der Waals surface area contributed by atoms with E-state index < -0.39 is 0 Å². The Kier molecular flexibility index (Phi) is 4.05. The van der Waals surface area contributed by atoms with Crippen molar-refractivity contribution in [1.29, 1.82) is 0 Å². The Morgan fingerprint density at radius 1 is 0.944 bits per heavy atom. The van der Waals surface area contributed by atoms with Crippen LogP contribution in [0.25, 0.3) is 0 Å². The highest BCUT2D eigenvalue weighted by molar-refractivity contribution is 9.10. The van der Waals surface area contributed by atoms with E-state index >= 15 is 0 Å². The highest BCUT2D eigenvalue weighted by atomic mass is 79.9. The van der Waals surface area contributed by atoms with Crippen LogP contribution in [0.2, 0.25) is 0 Å². The third-order valence-corrected chi connectivity index (χ3v) is 5.18. The maximum absolute atomic E-state index is 3.52. The van der Waals surface area contributed by atoms with Gasteiger partial charge in [0, 0.05) is 17.1 Å². The fraction of sp³-hybridized carbons (Fsp3) is 0.625. The molecule has 0 bridgehead atoms. The molecule has 1 saturated carbocycles. The molecule has 1 saturated heterocycles. The summed E-state index contributed by atoms with van der Waals surface area (Å²) in [7, 11) is 0. The van der Waals surface area contributed by atoms with Crippen LogP contribution in [0.1, 0.15) is 50.0 Å². The first-order valence-electron chi connectivity index (χ1n) is 7.32. The number of likely N-dealkylation sites (tertiary alicyclic amines) is 1. The lowest BCUT2D eigenvalue weighted by atomic mass is 9.94. The van der Waals surface area contributed by atoms with Crippen molar-refractivity contribution in [3.05, 3.63) is 34.3 Å². The third kappa shape index (κ3) is 2.80. The van der Waals surface area contributed by atoms with Gasteiger partial charge in [0.2, 0.25) is 0 Å². The molecule has 0 N–H and O–H groups in total. The molecule has 3 rings (SSSR count). The van der Waals surface area contributed by atoms with Gasteiger partial charge in [0.1, 0.15) is 0 Å². The zero-order valence-electron chi connectivity index (χ0n) is 10.9. The molecule has 1 unspecified atom stereocenters. The van der Waals surface area contributed by atoms with Gasteiger partial charge in [0.05, 0.1) is 0 Å². The minimum atomic E-state index is 0.764. The molecule has 0 amide bonds. The van der Waals surface area contributed by atoms with Gasteiger partial charge in [0.25, 0.3) is 0 Å². The average molecular weight is 308 g/mol. The number of halogens is 1. The fourth-order valence-electron chi connectivity index (χ4n) is 3.57. The second-order valence-electron chi connectivity index (χ2n) is 5.82. The molecular weight excluding hydrogens is 286 g/mol. The van der Waals surface area contributed by atoms with Gasteiger partial charge in [-0.15, -0.1) is 0 Å². The third-order valence-electron chi connectivity index (χ3n) is 4.65. The van der Waals surface area contributed by atoms with E-state index in [1.165, 1.54) is 61.7 Å². The SMILES string of the molecule is Brc1ccc(C2CCN(C3CCCCC3)C2)cc1. The van der Waals surface area contributed by atoms with Crippen LogP contribution in [0.15, 0.2) is 28.7 Å². The van der Waals surface area contributed by atoms with E-state index in [-0.39, 0.29) is 0 Å². The molecule has 1 aliphatic heterocycles. The van der Waals surface area contributed by atoms with Crippen LogP contribution in [-0.2, 0) is 0 Å². The summed E-state index contributed by atoms with van der Waals surface area (Å²) in [6.45, 7) is 2.59. The first kappa shape index (κ1) is 12.7. The summed E-state index contributed by atoms with van der Waals surface area (Å²) in [4.78, 5) is 2.76. The van der Waals surface area contributed by atoms with Crippen LogP contribution in [0.4, 0.5) is 0 Å². The van der Waals surface area contributed by atoms with Crippen molar-refractivity contribution in [2.45, 2.75) is 50.5 Å². The summed E-state index contributed by atoms with van der Waals surface area (Å²) in [6.07, 6.45) is 8.58. The van der Waals surface area contributed by atoms with Gasteiger partial charge in [-0.05, 0) is 49.4 Å². The Hall–Kier alpha value is -0.340. The molecule has 1 nitrogen and oxygen atoms in total.